The van der Waals surface area contributed by atoms with E-state index in [9.17, 15) is 0 Å². The molecule has 4 nitrogen and oxygen atoms in total. The SMILES string of the molecule is CNc1ncc(Cl)c(N2CC(C)Cc3ccccc32)n1. The predicted molar refractivity (Wildman–Crippen MR) is 82.9 cm³/mol. The Hall–Kier alpha value is -1.81. The maximum atomic E-state index is 6.31. The molecule has 1 aliphatic rings. The molecular formula is C15H17ClN4. The van der Waals surface area contributed by atoms with Gasteiger partial charge in [-0.3, -0.25) is 0 Å². The number of para-hydroxylation sites is 1. The van der Waals surface area contributed by atoms with Crippen LogP contribution in [0, 0.1) is 5.92 Å². The average molecular weight is 289 g/mol. The largest absolute Gasteiger partial charge is 0.357 e. The van der Waals surface area contributed by atoms with Crippen molar-refractivity contribution < 1.29 is 0 Å². The lowest BCUT2D eigenvalue weighted by Crippen LogP contribution is -2.31. The molecule has 3 rings (SSSR count). The van der Waals surface area contributed by atoms with E-state index in [1.165, 1.54) is 11.3 Å². The van der Waals surface area contributed by atoms with E-state index in [1.807, 2.05) is 0 Å². The van der Waals surface area contributed by atoms with Crippen LogP contribution in [0.15, 0.2) is 30.5 Å². The normalized spacial score (nSPS) is 17.8. The van der Waals surface area contributed by atoms with Crippen LogP contribution in [0.3, 0.4) is 0 Å². The molecule has 0 aliphatic carbocycles. The third-order valence-corrected chi connectivity index (χ3v) is 3.82. The van der Waals surface area contributed by atoms with Crippen LogP contribution in [0.25, 0.3) is 0 Å². The number of rotatable bonds is 2. The molecule has 5 heteroatoms. The first-order valence-corrected chi connectivity index (χ1v) is 7.12. The van der Waals surface area contributed by atoms with Gasteiger partial charge in [0, 0.05) is 19.3 Å². The van der Waals surface area contributed by atoms with Crippen molar-refractivity contribution in [1.82, 2.24) is 9.97 Å². The minimum Gasteiger partial charge on any atom is -0.357 e. The summed E-state index contributed by atoms with van der Waals surface area (Å²) in [6.07, 6.45) is 2.74. The molecule has 2 heterocycles. The van der Waals surface area contributed by atoms with Crippen LogP contribution in [0.5, 0.6) is 0 Å². The highest BCUT2D eigenvalue weighted by atomic mass is 35.5. The van der Waals surface area contributed by atoms with Crippen molar-refractivity contribution in [2.75, 3.05) is 23.8 Å². The number of nitrogens with zero attached hydrogens (tertiary/aromatic N) is 3. The van der Waals surface area contributed by atoms with Gasteiger partial charge in [0.1, 0.15) is 5.02 Å². The highest BCUT2D eigenvalue weighted by molar-refractivity contribution is 6.33. The van der Waals surface area contributed by atoms with Crippen LogP contribution in [0.1, 0.15) is 12.5 Å². The number of nitrogens with one attached hydrogen (secondary N) is 1. The molecule has 0 amide bonds. The van der Waals surface area contributed by atoms with Gasteiger partial charge in [0.2, 0.25) is 5.95 Å². The van der Waals surface area contributed by atoms with Crippen LogP contribution in [-0.4, -0.2) is 23.6 Å². The molecule has 2 aromatic rings. The van der Waals surface area contributed by atoms with Crippen molar-refractivity contribution >= 4 is 29.1 Å². The zero-order valence-electron chi connectivity index (χ0n) is 11.6. The number of hydrogen-bond acceptors (Lipinski definition) is 4. The van der Waals surface area contributed by atoms with Gasteiger partial charge in [0.15, 0.2) is 5.82 Å². The van der Waals surface area contributed by atoms with Gasteiger partial charge < -0.3 is 10.2 Å². The molecule has 1 atom stereocenters. The van der Waals surface area contributed by atoms with Crippen molar-refractivity contribution in [3.63, 3.8) is 0 Å². The summed E-state index contributed by atoms with van der Waals surface area (Å²) < 4.78 is 0. The minimum atomic E-state index is 0.564. The quantitative estimate of drug-likeness (QED) is 0.918. The third kappa shape index (κ3) is 2.31. The number of benzene rings is 1. The monoisotopic (exact) mass is 288 g/mol. The fraction of sp³-hybridized carbons (Fsp3) is 0.333. The Labute approximate surface area is 123 Å². The van der Waals surface area contributed by atoms with Crippen LogP contribution in [0.4, 0.5) is 17.5 Å². The second-order valence-electron chi connectivity index (χ2n) is 5.16. The molecule has 1 aromatic carbocycles. The van der Waals surface area contributed by atoms with E-state index < -0.39 is 0 Å². The first-order chi connectivity index (χ1) is 9.69. The van der Waals surface area contributed by atoms with Gasteiger partial charge >= 0.3 is 0 Å². The van der Waals surface area contributed by atoms with E-state index in [0.717, 1.165) is 18.8 Å². The fourth-order valence-electron chi connectivity index (χ4n) is 2.67. The van der Waals surface area contributed by atoms with Crippen LogP contribution in [-0.2, 0) is 6.42 Å². The maximum Gasteiger partial charge on any atom is 0.224 e. The molecular weight excluding hydrogens is 272 g/mol. The number of anilines is 3. The lowest BCUT2D eigenvalue weighted by Gasteiger charge is -2.34. The molecule has 1 aliphatic heterocycles. The van der Waals surface area contributed by atoms with Crippen molar-refractivity contribution in [2.45, 2.75) is 13.3 Å². The minimum absolute atomic E-state index is 0.564. The molecule has 0 spiro atoms. The summed E-state index contributed by atoms with van der Waals surface area (Å²) >= 11 is 6.31. The van der Waals surface area contributed by atoms with Crippen molar-refractivity contribution in [3.05, 3.63) is 41.0 Å². The van der Waals surface area contributed by atoms with E-state index in [2.05, 4.69) is 51.4 Å². The van der Waals surface area contributed by atoms with Crippen molar-refractivity contribution in [2.24, 2.45) is 5.92 Å². The van der Waals surface area contributed by atoms with Crippen molar-refractivity contribution in [3.8, 4) is 0 Å². The first-order valence-electron chi connectivity index (χ1n) is 6.74. The third-order valence-electron chi connectivity index (χ3n) is 3.55. The Bertz CT molecular complexity index is 629. The molecule has 20 heavy (non-hydrogen) atoms. The van der Waals surface area contributed by atoms with E-state index >= 15 is 0 Å². The highest BCUT2D eigenvalue weighted by Gasteiger charge is 2.25. The number of hydrogen-bond donors (Lipinski definition) is 1. The van der Waals surface area contributed by atoms with E-state index in [0.29, 0.717) is 16.9 Å². The molecule has 0 fully saturated rings. The molecule has 104 valence electrons. The second-order valence-corrected chi connectivity index (χ2v) is 5.57. The van der Waals surface area contributed by atoms with Gasteiger partial charge in [-0.1, -0.05) is 36.7 Å². The number of aromatic nitrogens is 2. The fourth-order valence-corrected chi connectivity index (χ4v) is 2.86. The Morgan fingerprint density at radius 3 is 2.95 bits per heavy atom. The molecule has 0 saturated carbocycles. The molecule has 0 radical (unpaired) electrons. The summed E-state index contributed by atoms with van der Waals surface area (Å²) in [5, 5.41) is 3.54. The maximum absolute atomic E-state index is 6.31. The van der Waals surface area contributed by atoms with Gasteiger partial charge in [-0.05, 0) is 24.0 Å². The second kappa shape index (κ2) is 5.29. The van der Waals surface area contributed by atoms with Gasteiger partial charge in [0.25, 0.3) is 0 Å². The van der Waals surface area contributed by atoms with Gasteiger partial charge in [0.05, 0.1) is 6.20 Å². The summed E-state index contributed by atoms with van der Waals surface area (Å²) in [5.74, 6) is 1.92. The Balaban J connectivity index is 2.10. The molecule has 0 saturated heterocycles. The average Bonchev–Trinajstić information content (AvgIpc) is 2.47. The highest BCUT2D eigenvalue weighted by Crippen LogP contribution is 2.37. The first kappa shape index (κ1) is 13.2. The smallest absolute Gasteiger partial charge is 0.224 e. The summed E-state index contributed by atoms with van der Waals surface area (Å²) in [7, 11) is 1.81. The summed E-state index contributed by atoms with van der Waals surface area (Å²) in [4.78, 5) is 10.9. The van der Waals surface area contributed by atoms with Gasteiger partial charge in [-0.2, -0.15) is 4.98 Å². The standard InChI is InChI=1S/C15H17ClN4/c1-10-7-11-5-3-4-6-13(11)20(9-10)14-12(16)8-18-15(17-2)19-14/h3-6,8,10H,7,9H2,1-2H3,(H,17,18,19). The lowest BCUT2D eigenvalue weighted by atomic mass is 9.94. The van der Waals surface area contributed by atoms with Gasteiger partial charge in [-0.15, -0.1) is 0 Å². The van der Waals surface area contributed by atoms with Crippen molar-refractivity contribution in [1.29, 1.82) is 0 Å². The Kier molecular flexibility index (Phi) is 3.49. The van der Waals surface area contributed by atoms with Crippen LogP contribution in [0.2, 0.25) is 5.02 Å². The topological polar surface area (TPSA) is 41.1 Å². The van der Waals surface area contributed by atoms with Crippen LogP contribution >= 0.6 is 11.6 Å². The van der Waals surface area contributed by atoms with Crippen LogP contribution < -0.4 is 10.2 Å². The molecule has 0 bridgehead atoms. The summed E-state index contributed by atoms with van der Waals surface area (Å²) in [5.41, 5.74) is 2.53. The summed E-state index contributed by atoms with van der Waals surface area (Å²) in [6, 6.07) is 8.43. The molecule has 1 unspecified atom stereocenters. The zero-order valence-corrected chi connectivity index (χ0v) is 12.4. The Morgan fingerprint density at radius 2 is 2.15 bits per heavy atom. The van der Waals surface area contributed by atoms with Gasteiger partial charge in [-0.25, -0.2) is 4.98 Å². The molecule has 1 aromatic heterocycles. The van der Waals surface area contributed by atoms with E-state index in [1.54, 1.807) is 13.2 Å². The van der Waals surface area contributed by atoms with E-state index in [-0.39, 0.29) is 0 Å². The predicted octanol–water partition coefficient (Wildman–Crippen LogP) is 3.50. The number of fused-ring (bicyclic) bond motifs is 1. The number of halogens is 1. The zero-order chi connectivity index (χ0) is 14.1. The lowest BCUT2D eigenvalue weighted by molar-refractivity contribution is 0.560. The summed E-state index contributed by atoms with van der Waals surface area (Å²) in [6.45, 7) is 3.16. The molecule has 1 N–H and O–H groups in total. The van der Waals surface area contributed by atoms with E-state index in [4.69, 9.17) is 11.6 Å². The Morgan fingerprint density at radius 1 is 1.35 bits per heavy atom.